The third-order valence-corrected chi connectivity index (χ3v) is 7.52. The molecule has 2 aliphatic heterocycles. The third kappa shape index (κ3) is 5.40. The number of anilines is 1. The molecule has 1 aromatic rings. The van der Waals surface area contributed by atoms with E-state index in [1.165, 1.54) is 23.1 Å². The lowest BCUT2D eigenvalue weighted by molar-refractivity contribution is -0.147. The van der Waals surface area contributed by atoms with E-state index in [9.17, 15) is 33.5 Å². The normalized spacial score (nSPS) is 26.1. The molecule has 36 heavy (non-hydrogen) atoms. The second-order valence-electron chi connectivity index (χ2n) is 9.74. The van der Waals surface area contributed by atoms with Gasteiger partial charge in [0.2, 0.25) is 11.8 Å². The van der Waals surface area contributed by atoms with Crippen LogP contribution in [0.15, 0.2) is 24.3 Å². The minimum Gasteiger partial charge on any atom is -0.389 e. The molecule has 10 nitrogen and oxygen atoms in total. The summed E-state index contributed by atoms with van der Waals surface area (Å²) >= 11 is 0. The lowest BCUT2D eigenvalue weighted by Crippen LogP contribution is -2.55. The summed E-state index contributed by atoms with van der Waals surface area (Å²) in [6.07, 6.45) is 3.71. The van der Waals surface area contributed by atoms with E-state index in [2.05, 4.69) is 16.0 Å². The largest absolute Gasteiger partial charge is 0.389 e. The van der Waals surface area contributed by atoms with Gasteiger partial charge in [-0.3, -0.25) is 24.0 Å². The number of benzene rings is 1. The number of hydrogen-bond donors (Lipinski definition) is 4. The molecule has 3 aliphatic rings. The van der Waals surface area contributed by atoms with Crippen LogP contribution < -0.4 is 16.0 Å². The molecular formula is C25H31FN4O6. The quantitative estimate of drug-likeness (QED) is 0.396. The van der Waals surface area contributed by atoms with Gasteiger partial charge in [0.15, 0.2) is 5.78 Å². The summed E-state index contributed by atoms with van der Waals surface area (Å²) in [4.78, 5) is 65.1. The SMILES string of the molecule is O=C(Nc1ccccc1F)C(=O)N1C[C@@H]2CCC[C@@H]2[C@H]1C(=O)N[C@@H](C[C@@H]1CCCNC1=O)C(=O)CO. The smallest absolute Gasteiger partial charge is 0.314 e. The third-order valence-electron chi connectivity index (χ3n) is 7.52. The summed E-state index contributed by atoms with van der Waals surface area (Å²) in [7, 11) is 0. The van der Waals surface area contributed by atoms with Crippen LogP contribution in [-0.2, 0) is 24.0 Å². The van der Waals surface area contributed by atoms with Gasteiger partial charge in [-0.2, -0.15) is 0 Å². The van der Waals surface area contributed by atoms with Crippen LogP contribution in [0.3, 0.4) is 0 Å². The monoisotopic (exact) mass is 502 g/mol. The zero-order valence-corrected chi connectivity index (χ0v) is 19.9. The van der Waals surface area contributed by atoms with Crippen LogP contribution in [0.1, 0.15) is 38.5 Å². The van der Waals surface area contributed by atoms with Crippen molar-refractivity contribution < 1.29 is 33.5 Å². The number of aliphatic hydroxyl groups is 1. The van der Waals surface area contributed by atoms with Crippen molar-refractivity contribution in [3.63, 3.8) is 0 Å². The van der Waals surface area contributed by atoms with E-state index in [1.807, 2.05) is 0 Å². The Labute approximate surface area is 208 Å². The summed E-state index contributed by atoms with van der Waals surface area (Å²) in [6.45, 7) is -0.0446. The molecule has 4 rings (SSSR count). The average Bonchev–Trinajstić information content (AvgIpc) is 3.46. The number of ketones is 1. The van der Waals surface area contributed by atoms with Crippen LogP contribution >= 0.6 is 0 Å². The van der Waals surface area contributed by atoms with E-state index in [4.69, 9.17) is 0 Å². The van der Waals surface area contributed by atoms with E-state index in [0.29, 0.717) is 19.4 Å². The topological polar surface area (TPSA) is 145 Å². The number of halogens is 1. The van der Waals surface area contributed by atoms with E-state index >= 15 is 0 Å². The van der Waals surface area contributed by atoms with E-state index in [-0.39, 0.29) is 36.4 Å². The summed E-state index contributed by atoms with van der Waals surface area (Å²) in [6, 6.07) is 3.38. The maximum absolute atomic E-state index is 14.0. The van der Waals surface area contributed by atoms with Crippen molar-refractivity contribution in [1.82, 2.24) is 15.5 Å². The molecule has 11 heteroatoms. The number of nitrogens with one attached hydrogen (secondary N) is 3. The summed E-state index contributed by atoms with van der Waals surface area (Å²) in [5.41, 5.74) is -0.143. The highest BCUT2D eigenvalue weighted by atomic mass is 19.1. The summed E-state index contributed by atoms with van der Waals surface area (Å²) in [5.74, 6) is -4.76. The fourth-order valence-electron chi connectivity index (χ4n) is 5.70. The van der Waals surface area contributed by atoms with Gasteiger partial charge >= 0.3 is 11.8 Å². The molecule has 4 amide bonds. The molecule has 1 aromatic carbocycles. The number of aliphatic hydroxyl groups excluding tert-OH is 1. The highest BCUT2D eigenvalue weighted by molar-refractivity contribution is 6.40. The highest BCUT2D eigenvalue weighted by Crippen LogP contribution is 2.42. The van der Waals surface area contributed by atoms with Crippen molar-refractivity contribution in [3.05, 3.63) is 30.1 Å². The molecule has 1 aliphatic carbocycles. The van der Waals surface area contributed by atoms with Crippen LogP contribution in [0.2, 0.25) is 0 Å². The number of carbonyl (C=O) groups is 5. The predicted octanol–water partition coefficient (Wildman–Crippen LogP) is 0.354. The van der Waals surface area contributed by atoms with Crippen LogP contribution in [0.4, 0.5) is 10.1 Å². The molecular weight excluding hydrogens is 471 g/mol. The van der Waals surface area contributed by atoms with Gasteiger partial charge < -0.3 is 26.0 Å². The Hall–Kier alpha value is -3.34. The number of para-hydroxylation sites is 1. The van der Waals surface area contributed by atoms with Crippen molar-refractivity contribution >= 4 is 35.1 Å². The lowest BCUT2D eigenvalue weighted by atomic mass is 9.89. The zero-order chi connectivity index (χ0) is 25.8. The number of carbonyl (C=O) groups excluding carboxylic acids is 5. The Kier molecular flexibility index (Phi) is 7.97. The second-order valence-corrected chi connectivity index (χ2v) is 9.74. The molecule has 0 spiro atoms. The van der Waals surface area contributed by atoms with Gasteiger partial charge in [0.1, 0.15) is 18.5 Å². The summed E-state index contributed by atoms with van der Waals surface area (Å²) < 4.78 is 14.0. The molecule has 5 atom stereocenters. The van der Waals surface area contributed by atoms with Gasteiger partial charge in [-0.05, 0) is 56.1 Å². The minimum absolute atomic E-state index is 0.0297. The Balaban J connectivity index is 1.50. The molecule has 1 saturated carbocycles. The van der Waals surface area contributed by atoms with E-state index in [1.54, 1.807) is 0 Å². The minimum atomic E-state index is -1.10. The van der Waals surface area contributed by atoms with Crippen LogP contribution in [-0.4, -0.2) is 71.2 Å². The first-order chi connectivity index (χ1) is 17.3. The molecule has 0 aromatic heterocycles. The van der Waals surface area contributed by atoms with E-state index < -0.39 is 53.9 Å². The first-order valence-electron chi connectivity index (χ1n) is 12.4. The molecule has 2 saturated heterocycles. The Morgan fingerprint density at radius 1 is 1.14 bits per heavy atom. The van der Waals surface area contributed by atoms with Gasteiger partial charge in [-0.1, -0.05) is 18.6 Å². The zero-order valence-electron chi connectivity index (χ0n) is 19.9. The first-order valence-corrected chi connectivity index (χ1v) is 12.4. The maximum atomic E-state index is 14.0. The van der Waals surface area contributed by atoms with Gasteiger partial charge in [0.05, 0.1) is 11.7 Å². The number of amides is 4. The first kappa shape index (κ1) is 25.7. The van der Waals surface area contributed by atoms with Gasteiger partial charge in [0.25, 0.3) is 0 Å². The van der Waals surface area contributed by atoms with Crippen molar-refractivity contribution in [2.75, 3.05) is 25.0 Å². The summed E-state index contributed by atoms with van der Waals surface area (Å²) in [5, 5.41) is 17.1. The van der Waals surface area contributed by atoms with Crippen molar-refractivity contribution in [3.8, 4) is 0 Å². The number of Topliss-reactive ketones (excluding diaryl/α,β-unsaturated/α-hetero) is 1. The number of rotatable bonds is 7. The molecule has 3 fully saturated rings. The fraction of sp³-hybridized carbons (Fsp3) is 0.560. The number of hydrogen-bond acceptors (Lipinski definition) is 6. The lowest BCUT2D eigenvalue weighted by Gasteiger charge is -2.30. The Bertz CT molecular complexity index is 1050. The van der Waals surface area contributed by atoms with Gasteiger partial charge in [-0.25, -0.2) is 4.39 Å². The molecule has 0 radical (unpaired) electrons. The maximum Gasteiger partial charge on any atom is 0.314 e. The predicted molar refractivity (Wildman–Crippen MR) is 126 cm³/mol. The van der Waals surface area contributed by atoms with Crippen LogP contribution in [0.5, 0.6) is 0 Å². The average molecular weight is 503 g/mol. The number of likely N-dealkylation sites (tertiary alicyclic amines) is 1. The van der Waals surface area contributed by atoms with Crippen LogP contribution in [0, 0.1) is 23.6 Å². The molecule has 0 unspecified atom stereocenters. The van der Waals surface area contributed by atoms with Gasteiger partial charge in [-0.15, -0.1) is 0 Å². The highest BCUT2D eigenvalue weighted by Gasteiger charge is 2.51. The Morgan fingerprint density at radius 3 is 2.64 bits per heavy atom. The molecule has 194 valence electrons. The molecule has 4 N–H and O–H groups in total. The van der Waals surface area contributed by atoms with Crippen LogP contribution in [0.25, 0.3) is 0 Å². The van der Waals surface area contributed by atoms with Crippen molar-refractivity contribution in [2.45, 2.75) is 50.6 Å². The Morgan fingerprint density at radius 2 is 1.92 bits per heavy atom. The van der Waals surface area contributed by atoms with Crippen molar-refractivity contribution in [1.29, 1.82) is 0 Å². The van der Waals surface area contributed by atoms with E-state index in [0.717, 1.165) is 25.3 Å². The number of piperidine rings is 1. The molecule has 0 bridgehead atoms. The van der Waals surface area contributed by atoms with Gasteiger partial charge in [0, 0.05) is 19.0 Å². The number of nitrogens with zero attached hydrogens (tertiary/aromatic N) is 1. The molecule has 2 heterocycles. The number of fused-ring (bicyclic) bond motifs is 1. The van der Waals surface area contributed by atoms with Crippen molar-refractivity contribution in [2.24, 2.45) is 17.8 Å². The standard InChI is InChI=1S/C25H31FN4O6/c26-17-8-1-2-9-18(17)28-24(35)25(36)30-12-15-5-3-7-16(15)21(30)23(34)29-19(20(32)13-31)11-14-6-4-10-27-22(14)33/h1-2,8-9,14-16,19,21,31H,3-7,10-13H2,(H,27,33)(H,28,35)(H,29,34)/t14-,15-,16-,19-,21-/m0/s1. The second kappa shape index (κ2) is 11.2. The fourth-order valence-corrected chi connectivity index (χ4v) is 5.70.